The number of ketones is 1. The zero-order valence-corrected chi connectivity index (χ0v) is 14.4. The molecule has 1 aliphatic heterocycles. The van der Waals surface area contributed by atoms with Crippen molar-refractivity contribution in [3.63, 3.8) is 0 Å². The van der Waals surface area contributed by atoms with E-state index in [0.717, 1.165) is 4.88 Å². The number of Topliss-reactive ketones (excluding diaryl/α,β-unsaturated/α-hetero) is 1. The molecule has 1 fully saturated rings. The Hall–Kier alpha value is -1.89. The van der Waals surface area contributed by atoms with Gasteiger partial charge in [-0.3, -0.25) is 9.59 Å². The predicted octanol–water partition coefficient (Wildman–Crippen LogP) is 2.32. The van der Waals surface area contributed by atoms with Gasteiger partial charge in [-0.05, 0) is 26.0 Å². The van der Waals surface area contributed by atoms with Gasteiger partial charge in [-0.2, -0.15) is 0 Å². The van der Waals surface area contributed by atoms with Crippen LogP contribution in [0, 0.1) is 6.92 Å². The average Bonchev–Trinajstić information content (AvgIpc) is 2.99. The summed E-state index contributed by atoms with van der Waals surface area (Å²) in [5.41, 5.74) is 0. The van der Waals surface area contributed by atoms with E-state index >= 15 is 0 Å². The summed E-state index contributed by atoms with van der Waals surface area (Å²) in [6.07, 6.45) is 0.120. The Bertz CT molecular complexity index is 576. The molecule has 0 aliphatic carbocycles. The number of ether oxygens (including phenoxy) is 1. The lowest BCUT2D eigenvalue weighted by Crippen LogP contribution is -2.50. The minimum absolute atomic E-state index is 0.0154. The molecule has 7 heteroatoms. The molecule has 0 aromatic carbocycles. The van der Waals surface area contributed by atoms with Crippen LogP contribution >= 0.6 is 11.3 Å². The average molecular weight is 338 g/mol. The van der Waals surface area contributed by atoms with E-state index in [-0.39, 0.29) is 30.6 Å². The van der Waals surface area contributed by atoms with Crippen molar-refractivity contribution in [1.82, 2.24) is 9.80 Å². The third kappa shape index (κ3) is 4.79. The highest BCUT2D eigenvalue weighted by atomic mass is 32.1. The number of thiophene rings is 1. The van der Waals surface area contributed by atoms with Gasteiger partial charge in [0.15, 0.2) is 5.78 Å². The minimum Gasteiger partial charge on any atom is -0.450 e. The third-order valence-electron chi connectivity index (χ3n) is 3.74. The number of piperazine rings is 1. The van der Waals surface area contributed by atoms with Crippen molar-refractivity contribution in [3.8, 4) is 0 Å². The third-order valence-corrected chi connectivity index (χ3v) is 4.78. The van der Waals surface area contributed by atoms with Gasteiger partial charge in [0.2, 0.25) is 5.91 Å². The Labute approximate surface area is 140 Å². The maximum absolute atomic E-state index is 12.2. The maximum Gasteiger partial charge on any atom is 0.409 e. The highest BCUT2D eigenvalue weighted by Gasteiger charge is 2.25. The van der Waals surface area contributed by atoms with Gasteiger partial charge in [-0.1, -0.05) is 0 Å². The van der Waals surface area contributed by atoms with Gasteiger partial charge in [0.05, 0.1) is 11.5 Å². The van der Waals surface area contributed by atoms with Gasteiger partial charge >= 0.3 is 6.09 Å². The molecule has 126 valence electrons. The topological polar surface area (TPSA) is 66.9 Å². The first-order chi connectivity index (χ1) is 11.0. The highest BCUT2D eigenvalue weighted by molar-refractivity contribution is 7.14. The molecule has 0 unspecified atom stereocenters. The molecular weight excluding hydrogens is 316 g/mol. The second-order valence-electron chi connectivity index (χ2n) is 5.40. The Morgan fingerprint density at radius 3 is 2.30 bits per heavy atom. The number of carbonyl (C=O) groups excluding carboxylic acids is 3. The van der Waals surface area contributed by atoms with Crippen molar-refractivity contribution >= 4 is 29.1 Å². The summed E-state index contributed by atoms with van der Waals surface area (Å²) in [6.45, 7) is 6.00. The van der Waals surface area contributed by atoms with Crippen LogP contribution in [-0.2, 0) is 9.53 Å². The van der Waals surface area contributed by atoms with E-state index in [2.05, 4.69) is 0 Å². The Kier molecular flexibility index (Phi) is 6.15. The van der Waals surface area contributed by atoms with E-state index < -0.39 is 0 Å². The molecule has 0 atom stereocenters. The number of rotatable bonds is 5. The molecule has 2 rings (SSSR count). The molecule has 2 heterocycles. The van der Waals surface area contributed by atoms with Crippen LogP contribution in [0.25, 0.3) is 0 Å². The Morgan fingerprint density at radius 1 is 1.09 bits per heavy atom. The molecule has 1 saturated heterocycles. The first-order valence-corrected chi connectivity index (χ1v) is 8.62. The van der Waals surface area contributed by atoms with Crippen molar-refractivity contribution in [2.75, 3.05) is 32.8 Å². The molecular formula is C16H22N2O4S. The molecule has 0 saturated carbocycles. The van der Waals surface area contributed by atoms with Gasteiger partial charge in [0.1, 0.15) is 0 Å². The number of carbonyl (C=O) groups is 3. The number of hydrogen-bond acceptors (Lipinski definition) is 5. The van der Waals surface area contributed by atoms with Gasteiger partial charge in [0, 0.05) is 43.9 Å². The summed E-state index contributed by atoms with van der Waals surface area (Å²) in [5.74, 6) is -0.0169. The zero-order chi connectivity index (χ0) is 16.8. The number of aryl methyl sites for hydroxylation is 1. The van der Waals surface area contributed by atoms with Crippen molar-refractivity contribution in [2.45, 2.75) is 26.7 Å². The fourth-order valence-corrected chi connectivity index (χ4v) is 3.27. The molecule has 1 aromatic rings. The van der Waals surface area contributed by atoms with E-state index in [0.29, 0.717) is 37.7 Å². The standard InChI is InChI=1S/C16H22N2O4S/c1-3-22-16(21)18-10-8-17(9-11-18)15(20)7-5-13(19)14-6-4-12(2)23-14/h4,6H,3,5,7-11H2,1-2H3. The van der Waals surface area contributed by atoms with Gasteiger partial charge in [-0.25, -0.2) is 4.79 Å². The molecule has 2 amide bonds. The van der Waals surface area contributed by atoms with Gasteiger partial charge in [-0.15, -0.1) is 11.3 Å². The second kappa shape index (κ2) is 8.10. The van der Waals surface area contributed by atoms with Crippen molar-refractivity contribution < 1.29 is 19.1 Å². The van der Waals surface area contributed by atoms with Crippen LogP contribution in [0.1, 0.15) is 34.3 Å². The highest BCUT2D eigenvalue weighted by Crippen LogP contribution is 2.18. The molecule has 1 aliphatic rings. The molecule has 0 bridgehead atoms. The smallest absolute Gasteiger partial charge is 0.409 e. The fourth-order valence-electron chi connectivity index (χ4n) is 2.44. The van der Waals surface area contributed by atoms with E-state index in [1.807, 2.05) is 19.1 Å². The summed E-state index contributed by atoms with van der Waals surface area (Å²) in [5, 5.41) is 0. The van der Waals surface area contributed by atoms with Crippen molar-refractivity contribution in [2.24, 2.45) is 0 Å². The summed E-state index contributed by atoms with van der Waals surface area (Å²) in [7, 11) is 0. The normalized spacial score (nSPS) is 14.7. The first kappa shape index (κ1) is 17.5. The molecule has 0 spiro atoms. The van der Waals surface area contributed by atoms with Crippen LogP contribution in [0.5, 0.6) is 0 Å². The Balaban J connectivity index is 1.75. The molecule has 6 nitrogen and oxygen atoms in total. The summed E-state index contributed by atoms with van der Waals surface area (Å²) < 4.78 is 4.95. The predicted molar refractivity (Wildman–Crippen MR) is 87.8 cm³/mol. The molecule has 0 radical (unpaired) electrons. The van der Waals surface area contributed by atoms with Crippen LogP contribution in [0.4, 0.5) is 4.79 Å². The second-order valence-corrected chi connectivity index (χ2v) is 6.69. The van der Waals surface area contributed by atoms with Crippen molar-refractivity contribution in [3.05, 3.63) is 21.9 Å². The summed E-state index contributed by atoms with van der Waals surface area (Å²) >= 11 is 1.46. The van der Waals surface area contributed by atoms with Gasteiger partial charge in [0.25, 0.3) is 0 Å². The van der Waals surface area contributed by atoms with Crippen LogP contribution in [0.15, 0.2) is 12.1 Å². The molecule has 0 N–H and O–H groups in total. The van der Waals surface area contributed by atoms with E-state index in [9.17, 15) is 14.4 Å². The van der Waals surface area contributed by atoms with Crippen LogP contribution in [-0.4, -0.2) is 60.4 Å². The van der Waals surface area contributed by atoms with Crippen molar-refractivity contribution in [1.29, 1.82) is 0 Å². The Morgan fingerprint density at radius 2 is 1.74 bits per heavy atom. The van der Waals surface area contributed by atoms with E-state index in [1.165, 1.54) is 11.3 Å². The lowest BCUT2D eigenvalue weighted by molar-refractivity contribution is -0.132. The monoisotopic (exact) mass is 338 g/mol. The molecule has 23 heavy (non-hydrogen) atoms. The van der Waals surface area contributed by atoms with E-state index in [4.69, 9.17) is 4.74 Å². The lowest BCUT2D eigenvalue weighted by Gasteiger charge is -2.34. The number of hydrogen-bond donors (Lipinski definition) is 0. The molecule has 1 aromatic heterocycles. The summed E-state index contributed by atoms with van der Waals surface area (Å²) in [4.78, 5) is 40.9. The lowest BCUT2D eigenvalue weighted by atomic mass is 10.1. The zero-order valence-electron chi connectivity index (χ0n) is 13.5. The largest absolute Gasteiger partial charge is 0.450 e. The van der Waals surface area contributed by atoms with Gasteiger partial charge < -0.3 is 14.5 Å². The minimum atomic E-state index is -0.331. The van der Waals surface area contributed by atoms with Crippen LogP contribution in [0.3, 0.4) is 0 Å². The SMILES string of the molecule is CCOC(=O)N1CCN(C(=O)CCC(=O)c2ccc(C)s2)CC1. The maximum atomic E-state index is 12.2. The summed E-state index contributed by atoms with van der Waals surface area (Å²) in [6, 6.07) is 3.72. The number of amides is 2. The number of nitrogens with zero attached hydrogens (tertiary/aromatic N) is 2. The first-order valence-electron chi connectivity index (χ1n) is 7.80. The van der Waals surface area contributed by atoms with Crippen LogP contribution < -0.4 is 0 Å². The van der Waals surface area contributed by atoms with Crippen LogP contribution in [0.2, 0.25) is 0 Å². The van der Waals surface area contributed by atoms with E-state index in [1.54, 1.807) is 16.7 Å². The quantitative estimate of drug-likeness (QED) is 0.773. The fraction of sp³-hybridized carbons (Fsp3) is 0.562.